The molecule has 0 spiro atoms. The third kappa shape index (κ3) is 4.07. The number of likely N-dealkylation sites (tertiary alicyclic amines) is 1. The van der Waals surface area contributed by atoms with Gasteiger partial charge in [0, 0.05) is 12.6 Å². The van der Waals surface area contributed by atoms with Gasteiger partial charge in [-0.05, 0) is 49.2 Å². The van der Waals surface area contributed by atoms with Gasteiger partial charge in [-0.2, -0.15) is 0 Å². The van der Waals surface area contributed by atoms with Gasteiger partial charge in [-0.25, -0.2) is 0 Å². The Labute approximate surface area is 124 Å². The van der Waals surface area contributed by atoms with Gasteiger partial charge >= 0.3 is 0 Å². The minimum absolute atomic E-state index is 0.152. The molecule has 2 N–H and O–H groups in total. The van der Waals surface area contributed by atoms with Crippen molar-refractivity contribution >= 4 is 0 Å². The number of nitrogens with two attached hydrogens (primary N) is 1. The molecule has 2 heteroatoms. The van der Waals surface area contributed by atoms with Gasteiger partial charge in [-0.1, -0.05) is 51.1 Å². The number of hydrogen-bond acceptors (Lipinski definition) is 2. The maximum absolute atomic E-state index is 6.40. The summed E-state index contributed by atoms with van der Waals surface area (Å²) in [7, 11) is 0. The fraction of sp³-hybridized carbons (Fsp3) is 0.667. The molecule has 1 aromatic rings. The maximum atomic E-state index is 6.40. The van der Waals surface area contributed by atoms with Crippen molar-refractivity contribution in [2.24, 2.45) is 23.5 Å². The average molecular weight is 274 g/mol. The molecule has 1 heterocycles. The Kier molecular flexibility index (Phi) is 5.62. The van der Waals surface area contributed by atoms with Gasteiger partial charge in [-0.15, -0.1) is 0 Å². The van der Waals surface area contributed by atoms with E-state index in [1.807, 2.05) is 0 Å². The lowest BCUT2D eigenvalue weighted by atomic mass is 9.86. The Morgan fingerprint density at radius 3 is 2.25 bits per heavy atom. The van der Waals surface area contributed by atoms with Crippen molar-refractivity contribution in [1.29, 1.82) is 0 Å². The molecule has 2 atom stereocenters. The molecule has 1 aliphatic rings. The van der Waals surface area contributed by atoms with E-state index >= 15 is 0 Å². The van der Waals surface area contributed by atoms with Crippen LogP contribution in [0.2, 0.25) is 0 Å². The van der Waals surface area contributed by atoms with Crippen LogP contribution in [0.25, 0.3) is 0 Å². The van der Waals surface area contributed by atoms with Gasteiger partial charge in [0.1, 0.15) is 0 Å². The molecule has 1 saturated heterocycles. The Bertz CT molecular complexity index is 380. The molecule has 1 aromatic carbocycles. The first-order chi connectivity index (χ1) is 9.58. The van der Waals surface area contributed by atoms with E-state index in [0.717, 1.165) is 18.4 Å². The van der Waals surface area contributed by atoms with Crippen molar-refractivity contribution < 1.29 is 0 Å². The summed E-state index contributed by atoms with van der Waals surface area (Å²) in [5, 5.41) is 0. The summed E-state index contributed by atoms with van der Waals surface area (Å²) in [4.78, 5) is 2.60. The van der Waals surface area contributed by atoms with Crippen LogP contribution in [0.3, 0.4) is 0 Å². The molecule has 1 fully saturated rings. The molecule has 1 aliphatic heterocycles. The van der Waals surface area contributed by atoms with Crippen molar-refractivity contribution in [3.63, 3.8) is 0 Å². The Morgan fingerprint density at radius 2 is 1.70 bits per heavy atom. The van der Waals surface area contributed by atoms with Crippen LogP contribution >= 0.6 is 0 Å². The van der Waals surface area contributed by atoms with Crippen LogP contribution in [0.4, 0.5) is 0 Å². The summed E-state index contributed by atoms with van der Waals surface area (Å²) in [5.74, 6) is 2.26. The number of rotatable bonds is 5. The van der Waals surface area contributed by atoms with Gasteiger partial charge in [0.25, 0.3) is 0 Å². The lowest BCUT2D eigenvalue weighted by Gasteiger charge is -2.36. The smallest absolute Gasteiger partial charge is 0.0333 e. The number of nitrogens with zero attached hydrogens (tertiary/aromatic N) is 1. The predicted molar refractivity (Wildman–Crippen MR) is 86.5 cm³/mol. The number of benzene rings is 1. The lowest BCUT2D eigenvalue weighted by Crippen LogP contribution is -2.39. The highest BCUT2D eigenvalue weighted by Crippen LogP contribution is 2.26. The zero-order valence-corrected chi connectivity index (χ0v) is 13.3. The van der Waals surface area contributed by atoms with Gasteiger partial charge in [0.15, 0.2) is 0 Å². The Hall–Kier alpha value is -0.860. The number of piperidine rings is 1. The zero-order valence-electron chi connectivity index (χ0n) is 13.3. The van der Waals surface area contributed by atoms with Crippen molar-refractivity contribution in [2.45, 2.75) is 39.7 Å². The summed E-state index contributed by atoms with van der Waals surface area (Å²) in [6.07, 6.45) is 2.70. The maximum Gasteiger partial charge on any atom is 0.0333 e. The highest BCUT2D eigenvalue weighted by Gasteiger charge is 2.24. The van der Waals surface area contributed by atoms with E-state index in [0.29, 0.717) is 5.92 Å². The van der Waals surface area contributed by atoms with E-state index in [9.17, 15) is 0 Å². The van der Waals surface area contributed by atoms with Crippen LogP contribution in [-0.2, 0) is 0 Å². The summed E-state index contributed by atoms with van der Waals surface area (Å²) in [6, 6.07) is 10.7. The largest absolute Gasteiger partial charge is 0.324 e. The second-order valence-corrected chi connectivity index (χ2v) is 6.80. The Balaban J connectivity index is 1.82. The van der Waals surface area contributed by atoms with Crippen molar-refractivity contribution in [3.8, 4) is 0 Å². The van der Waals surface area contributed by atoms with E-state index in [-0.39, 0.29) is 6.04 Å². The van der Waals surface area contributed by atoms with Gasteiger partial charge in [-0.3, -0.25) is 0 Å². The minimum atomic E-state index is 0.152. The van der Waals surface area contributed by atoms with Crippen molar-refractivity contribution in [3.05, 3.63) is 35.9 Å². The molecule has 20 heavy (non-hydrogen) atoms. The molecule has 112 valence electrons. The monoisotopic (exact) mass is 274 g/mol. The molecule has 2 rings (SSSR count). The van der Waals surface area contributed by atoms with E-state index in [1.165, 1.54) is 31.5 Å². The molecule has 0 bridgehead atoms. The van der Waals surface area contributed by atoms with Crippen LogP contribution in [-0.4, -0.2) is 24.5 Å². The summed E-state index contributed by atoms with van der Waals surface area (Å²) in [6.45, 7) is 10.6. The molecular weight excluding hydrogens is 244 g/mol. The van der Waals surface area contributed by atoms with Crippen LogP contribution in [0, 0.1) is 17.8 Å². The van der Waals surface area contributed by atoms with E-state index in [4.69, 9.17) is 5.73 Å². The molecular formula is C18H30N2. The fourth-order valence-corrected chi connectivity index (χ4v) is 3.33. The predicted octanol–water partition coefficient (Wildman–Crippen LogP) is 3.69. The third-order valence-corrected chi connectivity index (χ3v) is 4.92. The first kappa shape index (κ1) is 15.5. The van der Waals surface area contributed by atoms with E-state index in [1.54, 1.807) is 0 Å². The summed E-state index contributed by atoms with van der Waals surface area (Å²) < 4.78 is 0. The molecule has 0 aromatic heterocycles. The van der Waals surface area contributed by atoms with E-state index in [2.05, 4.69) is 56.0 Å². The number of hydrogen-bond donors (Lipinski definition) is 1. The van der Waals surface area contributed by atoms with E-state index < -0.39 is 0 Å². The summed E-state index contributed by atoms with van der Waals surface area (Å²) >= 11 is 0. The van der Waals surface area contributed by atoms with Crippen LogP contribution in [0.5, 0.6) is 0 Å². The Morgan fingerprint density at radius 1 is 1.10 bits per heavy atom. The lowest BCUT2D eigenvalue weighted by molar-refractivity contribution is 0.136. The quantitative estimate of drug-likeness (QED) is 0.887. The second-order valence-electron chi connectivity index (χ2n) is 6.80. The van der Waals surface area contributed by atoms with Gasteiger partial charge in [0.05, 0.1) is 0 Å². The normalized spacial score (nSPS) is 21.1. The molecule has 0 radical (unpaired) electrons. The van der Waals surface area contributed by atoms with Crippen LogP contribution in [0.15, 0.2) is 30.3 Å². The standard InChI is InChI=1S/C18H30N2/c1-14(2)16-9-11-20(12-10-16)13-15(3)18(19)17-7-5-4-6-8-17/h4-8,14-16,18H,9-13,19H2,1-3H3. The van der Waals surface area contributed by atoms with Crippen molar-refractivity contribution in [2.75, 3.05) is 19.6 Å². The highest BCUT2D eigenvalue weighted by atomic mass is 15.1. The van der Waals surface area contributed by atoms with Gasteiger partial charge in [0.2, 0.25) is 0 Å². The fourth-order valence-electron chi connectivity index (χ4n) is 3.33. The third-order valence-electron chi connectivity index (χ3n) is 4.92. The molecule has 0 saturated carbocycles. The highest BCUT2D eigenvalue weighted by molar-refractivity contribution is 5.19. The van der Waals surface area contributed by atoms with Crippen molar-refractivity contribution in [1.82, 2.24) is 4.90 Å². The molecule has 2 nitrogen and oxygen atoms in total. The topological polar surface area (TPSA) is 29.3 Å². The minimum Gasteiger partial charge on any atom is -0.324 e. The van der Waals surface area contributed by atoms with Gasteiger partial charge < -0.3 is 10.6 Å². The first-order valence-electron chi connectivity index (χ1n) is 8.10. The second kappa shape index (κ2) is 7.24. The molecule has 0 aliphatic carbocycles. The SMILES string of the molecule is CC(C)C1CCN(CC(C)C(N)c2ccccc2)CC1. The average Bonchev–Trinajstić information content (AvgIpc) is 2.48. The van der Waals surface area contributed by atoms with Crippen LogP contribution in [0.1, 0.15) is 45.2 Å². The molecule has 2 unspecified atom stereocenters. The molecule has 0 amide bonds. The summed E-state index contributed by atoms with van der Waals surface area (Å²) in [5.41, 5.74) is 7.67. The van der Waals surface area contributed by atoms with Crippen LogP contribution < -0.4 is 5.73 Å². The first-order valence-corrected chi connectivity index (χ1v) is 8.10. The zero-order chi connectivity index (χ0) is 14.5.